The van der Waals surface area contributed by atoms with Gasteiger partial charge >= 0.3 is 0 Å². The lowest BCUT2D eigenvalue weighted by atomic mass is 10.0. The Morgan fingerprint density at radius 2 is 1.65 bits per heavy atom. The molecule has 0 fully saturated rings. The number of halogens is 1. The Morgan fingerprint density at radius 1 is 1.09 bits per heavy atom. The summed E-state index contributed by atoms with van der Waals surface area (Å²) >= 11 is 3.29. The standard InChI is InChI=1S/C17H18BrNO3S/c1-22-17(10-13-6-2-3-7-14(13)11-17)12-19-23(20,21)16-9-5-4-8-15(16)18/h2-9,19H,10-12H2,1H3. The molecule has 0 unspecified atom stereocenters. The molecule has 0 atom stereocenters. The smallest absolute Gasteiger partial charge is 0.241 e. The van der Waals surface area contributed by atoms with Crippen LogP contribution in [0.1, 0.15) is 11.1 Å². The van der Waals surface area contributed by atoms with E-state index in [9.17, 15) is 8.42 Å². The molecule has 23 heavy (non-hydrogen) atoms. The lowest BCUT2D eigenvalue weighted by molar-refractivity contribution is 0.00378. The van der Waals surface area contributed by atoms with Gasteiger partial charge < -0.3 is 4.74 Å². The molecule has 1 aliphatic carbocycles. The van der Waals surface area contributed by atoms with E-state index < -0.39 is 15.6 Å². The molecule has 0 saturated carbocycles. The Morgan fingerprint density at radius 3 is 2.22 bits per heavy atom. The molecule has 122 valence electrons. The molecule has 1 N–H and O–H groups in total. The highest BCUT2D eigenvalue weighted by Gasteiger charge is 2.38. The van der Waals surface area contributed by atoms with Crippen LogP contribution in [0.25, 0.3) is 0 Å². The fourth-order valence-electron chi connectivity index (χ4n) is 2.97. The molecule has 0 aromatic heterocycles. The Hall–Kier alpha value is -1.21. The Labute approximate surface area is 145 Å². The molecule has 0 saturated heterocycles. The first kappa shape index (κ1) is 16.6. The van der Waals surface area contributed by atoms with Crippen molar-refractivity contribution < 1.29 is 13.2 Å². The van der Waals surface area contributed by atoms with Gasteiger partial charge in [-0.25, -0.2) is 13.1 Å². The van der Waals surface area contributed by atoms with E-state index in [1.165, 1.54) is 11.1 Å². The largest absolute Gasteiger partial charge is 0.376 e. The fraction of sp³-hybridized carbons (Fsp3) is 0.294. The summed E-state index contributed by atoms with van der Waals surface area (Å²) in [4.78, 5) is 0.238. The highest BCUT2D eigenvalue weighted by Crippen LogP contribution is 2.32. The minimum Gasteiger partial charge on any atom is -0.376 e. The van der Waals surface area contributed by atoms with Gasteiger partial charge in [-0.15, -0.1) is 0 Å². The number of fused-ring (bicyclic) bond motifs is 1. The summed E-state index contributed by atoms with van der Waals surface area (Å²) in [5.41, 5.74) is 1.90. The van der Waals surface area contributed by atoms with Gasteiger partial charge in [0.05, 0.1) is 10.5 Å². The van der Waals surface area contributed by atoms with Crippen LogP contribution in [-0.4, -0.2) is 27.7 Å². The fourth-order valence-corrected chi connectivity index (χ4v) is 5.08. The molecule has 2 aromatic rings. The minimum absolute atomic E-state index is 0.238. The number of hydrogen-bond acceptors (Lipinski definition) is 3. The van der Waals surface area contributed by atoms with Crippen LogP contribution in [0.3, 0.4) is 0 Å². The van der Waals surface area contributed by atoms with Gasteiger partial charge in [-0.3, -0.25) is 0 Å². The van der Waals surface area contributed by atoms with Crippen molar-refractivity contribution in [2.45, 2.75) is 23.3 Å². The van der Waals surface area contributed by atoms with Crippen molar-refractivity contribution in [1.82, 2.24) is 4.72 Å². The van der Waals surface area contributed by atoms with Crippen LogP contribution in [0.2, 0.25) is 0 Å². The maximum atomic E-state index is 12.5. The molecule has 1 aliphatic rings. The number of sulfonamides is 1. The van der Waals surface area contributed by atoms with E-state index in [1.807, 2.05) is 12.1 Å². The average molecular weight is 396 g/mol. The first-order valence-corrected chi connectivity index (χ1v) is 9.60. The first-order valence-electron chi connectivity index (χ1n) is 7.32. The van der Waals surface area contributed by atoms with E-state index in [4.69, 9.17) is 4.74 Å². The predicted octanol–water partition coefficient (Wildman–Crippen LogP) is 2.91. The van der Waals surface area contributed by atoms with E-state index in [0.29, 0.717) is 17.3 Å². The third kappa shape index (κ3) is 3.35. The quantitative estimate of drug-likeness (QED) is 0.846. The van der Waals surface area contributed by atoms with Crippen molar-refractivity contribution >= 4 is 26.0 Å². The lowest BCUT2D eigenvalue weighted by Gasteiger charge is -2.27. The van der Waals surface area contributed by atoms with Crippen LogP contribution >= 0.6 is 15.9 Å². The summed E-state index contributed by atoms with van der Waals surface area (Å²) in [5.74, 6) is 0. The van der Waals surface area contributed by atoms with Crippen LogP contribution in [0.5, 0.6) is 0 Å². The second-order valence-corrected chi connectivity index (χ2v) is 8.35. The van der Waals surface area contributed by atoms with Crippen LogP contribution in [0.4, 0.5) is 0 Å². The molecule has 0 radical (unpaired) electrons. The Bertz CT molecular complexity index is 795. The number of nitrogens with one attached hydrogen (secondary N) is 1. The number of methoxy groups -OCH3 is 1. The van der Waals surface area contributed by atoms with E-state index in [0.717, 1.165) is 0 Å². The molecule has 4 nitrogen and oxygen atoms in total. The van der Waals surface area contributed by atoms with Gasteiger partial charge in [0.1, 0.15) is 0 Å². The monoisotopic (exact) mass is 395 g/mol. The third-order valence-corrected chi connectivity index (χ3v) is 6.70. The topological polar surface area (TPSA) is 55.4 Å². The van der Waals surface area contributed by atoms with Crippen LogP contribution < -0.4 is 4.72 Å². The highest BCUT2D eigenvalue weighted by molar-refractivity contribution is 9.10. The molecule has 3 rings (SSSR count). The van der Waals surface area contributed by atoms with E-state index >= 15 is 0 Å². The first-order chi connectivity index (χ1) is 11.0. The van der Waals surface area contributed by atoms with Gasteiger partial charge in [0, 0.05) is 31.0 Å². The highest BCUT2D eigenvalue weighted by atomic mass is 79.9. The molecule has 0 heterocycles. The lowest BCUT2D eigenvalue weighted by Crippen LogP contribution is -2.45. The molecular weight excluding hydrogens is 378 g/mol. The SMILES string of the molecule is COC1(CNS(=O)(=O)c2ccccc2Br)Cc2ccccc2C1. The summed E-state index contributed by atoms with van der Waals surface area (Å²) < 4.78 is 34.0. The van der Waals surface area contributed by atoms with Crippen molar-refractivity contribution in [3.8, 4) is 0 Å². The Balaban J connectivity index is 1.79. The van der Waals surface area contributed by atoms with E-state index in [-0.39, 0.29) is 11.4 Å². The van der Waals surface area contributed by atoms with Gasteiger partial charge in [-0.1, -0.05) is 36.4 Å². The molecular formula is C17H18BrNO3S. The summed E-state index contributed by atoms with van der Waals surface area (Å²) in [6, 6.07) is 14.9. The zero-order valence-electron chi connectivity index (χ0n) is 12.8. The van der Waals surface area contributed by atoms with Gasteiger partial charge in [0.25, 0.3) is 0 Å². The molecule has 2 aromatic carbocycles. The molecule has 0 aliphatic heterocycles. The average Bonchev–Trinajstić information content (AvgIpc) is 2.93. The summed E-state index contributed by atoms with van der Waals surface area (Å²) in [5, 5.41) is 0. The molecule has 0 amide bonds. The minimum atomic E-state index is -3.59. The number of rotatable bonds is 5. The van der Waals surface area contributed by atoms with Crippen molar-refractivity contribution in [2.75, 3.05) is 13.7 Å². The van der Waals surface area contributed by atoms with Gasteiger partial charge in [0.2, 0.25) is 10.0 Å². The predicted molar refractivity (Wildman–Crippen MR) is 92.9 cm³/mol. The molecule has 6 heteroatoms. The zero-order valence-corrected chi connectivity index (χ0v) is 15.2. The number of hydrogen-bond donors (Lipinski definition) is 1. The Kier molecular flexibility index (Phi) is 4.60. The maximum absolute atomic E-state index is 12.5. The molecule has 0 bridgehead atoms. The second kappa shape index (κ2) is 6.36. The van der Waals surface area contributed by atoms with Gasteiger partial charge in [-0.2, -0.15) is 0 Å². The normalized spacial score (nSPS) is 16.3. The second-order valence-electron chi connectivity index (χ2n) is 5.76. The van der Waals surface area contributed by atoms with E-state index in [2.05, 4.69) is 32.8 Å². The van der Waals surface area contributed by atoms with Gasteiger partial charge in [0.15, 0.2) is 0 Å². The van der Waals surface area contributed by atoms with Crippen LogP contribution in [0, 0.1) is 0 Å². The summed E-state index contributed by atoms with van der Waals surface area (Å²) in [6.07, 6.45) is 1.41. The maximum Gasteiger partial charge on any atom is 0.241 e. The van der Waals surface area contributed by atoms with E-state index in [1.54, 1.807) is 31.4 Å². The van der Waals surface area contributed by atoms with Crippen LogP contribution in [-0.2, 0) is 27.6 Å². The van der Waals surface area contributed by atoms with Crippen molar-refractivity contribution in [3.05, 3.63) is 64.1 Å². The van der Waals surface area contributed by atoms with Gasteiger partial charge in [-0.05, 0) is 39.2 Å². The summed E-state index contributed by atoms with van der Waals surface area (Å²) in [6.45, 7) is 0.238. The number of benzene rings is 2. The zero-order chi connectivity index (χ0) is 16.5. The third-order valence-electron chi connectivity index (χ3n) is 4.29. The molecule has 0 spiro atoms. The van der Waals surface area contributed by atoms with Crippen LogP contribution in [0.15, 0.2) is 57.9 Å². The number of ether oxygens (including phenoxy) is 1. The van der Waals surface area contributed by atoms with Crippen molar-refractivity contribution in [1.29, 1.82) is 0 Å². The van der Waals surface area contributed by atoms with Crippen molar-refractivity contribution in [2.24, 2.45) is 0 Å². The van der Waals surface area contributed by atoms with Crippen molar-refractivity contribution in [3.63, 3.8) is 0 Å². The summed E-state index contributed by atoms with van der Waals surface area (Å²) in [7, 11) is -1.95.